The van der Waals surface area contributed by atoms with Crippen LogP contribution in [0, 0.1) is 5.41 Å². The van der Waals surface area contributed by atoms with E-state index in [2.05, 4.69) is 0 Å². The number of carboxylic acid groups (broad SMARTS) is 1. The predicted molar refractivity (Wildman–Crippen MR) is 78.4 cm³/mol. The molecule has 1 aliphatic heterocycles. The maximum absolute atomic E-state index is 12.6. The van der Waals surface area contributed by atoms with Crippen LogP contribution in [0.1, 0.15) is 34.1 Å². The number of carboxylic acids is 1. The normalized spacial score (nSPS) is 19.8. The van der Waals surface area contributed by atoms with Crippen LogP contribution in [0.4, 0.5) is 0 Å². The average Bonchev–Trinajstić information content (AvgIpc) is 2.53. The summed E-state index contributed by atoms with van der Waals surface area (Å²) < 4.78 is 0. The van der Waals surface area contributed by atoms with Gasteiger partial charge < -0.3 is 10.0 Å². The standard InChI is InChI=1S/C14H21NO4S/c1-6-20-13-10(11(18)14(2,3)4)8(7-9(16)17)12(19)15(13)5/h13H,6-7H2,1-5H3,(H,16,17). The van der Waals surface area contributed by atoms with E-state index in [4.69, 9.17) is 5.11 Å². The third-order valence-electron chi connectivity index (χ3n) is 3.08. The number of thioether (sulfide) groups is 1. The second-order valence-corrected chi connectivity index (χ2v) is 7.12. The van der Waals surface area contributed by atoms with Crippen molar-refractivity contribution in [2.24, 2.45) is 5.41 Å². The zero-order chi connectivity index (χ0) is 15.7. The number of Topliss-reactive ketones (excluding diaryl/α,β-unsaturated/α-hetero) is 1. The summed E-state index contributed by atoms with van der Waals surface area (Å²) in [6, 6.07) is 0. The first-order valence-corrected chi connectivity index (χ1v) is 7.54. The van der Waals surface area contributed by atoms with Gasteiger partial charge in [-0.05, 0) is 5.75 Å². The SMILES string of the molecule is CCSC1C(C(=O)C(C)(C)C)=C(CC(=O)O)C(=O)N1C. The van der Waals surface area contributed by atoms with E-state index in [1.165, 1.54) is 16.7 Å². The van der Waals surface area contributed by atoms with Gasteiger partial charge in [0.15, 0.2) is 5.78 Å². The fourth-order valence-corrected chi connectivity index (χ4v) is 3.16. The van der Waals surface area contributed by atoms with Crippen molar-refractivity contribution in [3.63, 3.8) is 0 Å². The predicted octanol–water partition coefficient (Wildman–Crippen LogP) is 1.92. The van der Waals surface area contributed by atoms with Crippen molar-refractivity contribution in [1.82, 2.24) is 4.90 Å². The number of likely N-dealkylation sites (N-methyl/N-ethyl adjacent to an activating group) is 1. The molecule has 0 radical (unpaired) electrons. The molecule has 112 valence electrons. The quantitative estimate of drug-likeness (QED) is 0.839. The number of hydrogen-bond donors (Lipinski definition) is 1. The van der Waals surface area contributed by atoms with E-state index in [9.17, 15) is 14.4 Å². The summed E-state index contributed by atoms with van der Waals surface area (Å²) in [7, 11) is 1.61. The summed E-state index contributed by atoms with van der Waals surface area (Å²) in [4.78, 5) is 37.2. The molecule has 0 aromatic rings. The van der Waals surface area contributed by atoms with Crippen molar-refractivity contribution >= 4 is 29.4 Å². The highest BCUT2D eigenvalue weighted by molar-refractivity contribution is 8.00. The molecule has 1 N–H and O–H groups in total. The highest BCUT2D eigenvalue weighted by Crippen LogP contribution is 2.37. The summed E-state index contributed by atoms with van der Waals surface area (Å²) in [5.41, 5.74) is -0.151. The fourth-order valence-electron chi connectivity index (χ4n) is 2.11. The Bertz CT molecular complexity index is 476. The summed E-state index contributed by atoms with van der Waals surface area (Å²) in [5.74, 6) is -0.865. The second-order valence-electron chi connectivity index (χ2n) is 5.77. The number of hydrogen-bond acceptors (Lipinski definition) is 4. The summed E-state index contributed by atoms with van der Waals surface area (Å²) in [6.45, 7) is 7.27. The Hall–Kier alpha value is -1.30. The molecule has 0 aromatic heterocycles. The van der Waals surface area contributed by atoms with Gasteiger partial charge in [0.05, 0.1) is 6.42 Å². The molecule has 1 atom stereocenters. The van der Waals surface area contributed by atoms with Crippen LogP contribution in [0.3, 0.4) is 0 Å². The molecular formula is C14H21NO4S. The summed E-state index contributed by atoms with van der Waals surface area (Å²) >= 11 is 1.47. The molecule has 0 fully saturated rings. The number of carbonyl (C=O) groups is 3. The first-order chi connectivity index (χ1) is 9.11. The Labute approximate surface area is 123 Å². The molecule has 5 nitrogen and oxygen atoms in total. The van der Waals surface area contributed by atoms with Gasteiger partial charge in [-0.2, -0.15) is 0 Å². The lowest BCUT2D eigenvalue weighted by molar-refractivity contribution is -0.137. The van der Waals surface area contributed by atoms with Crippen LogP contribution in [0.2, 0.25) is 0 Å². The Balaban J connectivity index is 3.35. The lowest BCUT2D eigenvalue weighted by Crippen LogP contribution is -2.33. The lowest BCUT2D eigenvalue weighted by atomic mass is 9.84. The van der Waals surface area contributed by atoms with Crippen molar-refractivity contribution < 1.29 is 19.5 Å². The third-order valence-corrected chi connectivity index (χ3v) is 4.28. The van der Waals surface area contributed by atoms with Gasteiger partial charge in [0.2, 0.25) is 0 Å². The first-order valence-electron chi connectivity index (χ1n) is 6.49. The number of ketones is 1. The number of rotatable bonds is 5. The molecule has 0 spiro atoms. The summed E-state index contributed by atoms with van der Waals surface area (Å²) in [6.07, 6.45) is -0.402. The third kappa shape index (κ3) is 3.23. The molecule has 1 unspecified atom stereocenters. The first kappa shape index (κ1) is 16.8. The minimum absolute atomic E-state index is 0.130. The molecule has 0 aliphatic carbocycles. The van der Waals surface area contributed by atoms with E-state index in [1.807, 2.05) is 6.92 Å². The molecule has 1 amide bonds. The monoisotopic (exact) mass is 299 g/mol. The maximum atomic E-state index is 12.6. The number of aliphatic carboxylic acids is 1. The van der Waals surface area contributed by atoms with Gasteiger partial charge in [0.25, 0.3) is 5.91 Å². The van der Waals surface area contributed by atoms with Crippen LogP contribution < -0.4 is 0 Å². The van der Waals surface area contributed by atoms with Crippen molar-refractivity contribution in [2.45, 2.75) is 39.5 Å². The van der Waals surface area contributed by atoms with Crippen LogP contribution in [-0.4, -0.2) is 45.8 Å². The van der Waals surface area contributed by atoms with Crippen molar-refractivity contribution in [1.29, 1.82) is 0 Å². The minimum Gasteiger partial charge on any atom is -0.481 e. The average molecular weight is 299 g/mol. The van der Waals surface area contributed by atoms with Gasteiger partial charge in [-0.25, -0.2) is 0 Å². The number of nitrogens with zero attached hydrogens (tertiary/aromatic N) is 1. The van der Waals surface area contributed by atoms with Gasteiger partial charge in [-0.1, -0.05) is 27.7 Å². The van der Waals surface area contributed by atoms with E-state index >= 15 is 0 Å². The van der Waals surface area contributed by atoms with Crippen LogP contribution in [0.25, 0.3) is 0 Å². The van der Waals surface area contributed by atoms with Gasteiger partial charge in [0.1, 0.15) is 5.37 Å². The molecule has 20 heavy (non-hydrogen) atoms. The highest BCUT2D eigenvalue weighted by Gasteiger charge is 2.43. The largest absolute Gasteiger partial charge is 0.481 e. The van der Waals surface area contributed by atoms with Crippen molar-refractivity contribution in [3.8, 4) is 0 Å². The molecule has 0 saturated heterocycles. The number of carbonyl (C=O) groups excluding carboxylic acids is 2. The van der Waals surface area contributed by atoms with E-state index in [0.29, 0.717) is 5.57 Å². The Morgan fingerprint density at radius 2 is 1.90 bits per heavy atom. The molecule has 0 saturated carbocycles. The summed E-state index contributed by atoms with van der Waals surface area (Å²) in [5, 5.41) is 8.59. The van der Waals surface area contributed by atoms with Crippen LogP contribution in [0.15, 0.2) is 11.1 Å². The van der Waals surface area contributed by atoms with E-state index in [-0.39, 0.29) is 22.6 Å². The molecule has 1 heterocycles. The molecular weight excluding hydrogens is 278 g/mol. The van der Waals surface area contributed by atoms with Crippen LogP contribution in [-0.2, 0) is 14.4 Å². The van der Waals surface area contributed by atoms with E-state index in [0.717, 1.165) is 5.75 Å². The van der Waals surface area contributed by atoms with Crippen molar-refractivity contribution in [2.75, 3.05) is 12.8 Å². The zero-order valence-corrected chi connectivity index (χ0v) is 13.3. The molecule has 0 bridgehead atoms. The topological polar surface area (TPSA) is 74.7 Å². The van der Waals surface area contributed by atoms with Gasteiger partial charge in [0, 0.05) is 23.6 Å². The maximum Gasteiger partial charge on any atom is 0.308 e. The Kier molecular flexibility index (Phi) is 5.02. The van der Waals surface area contributed by atoms with Crippen molar-refractivity contribution in [3.05, 3.63) is 11.1 Å². The second kappa shape index (κ2) is 5.99. The Morgan fingerprint density at radius 1 is 1.35 bits per heavy atom. The molecule has 1 rings (SSSR count). The molecule has 1 aliphatic rings. The van der Waals surface area contributed by atoms with Gasteiger partial charge in [-0.3, -0.25) is 14.4 Å². The molecule has 0 aromatic carbocycles. The highest BCUT2D eigenvalue weighted by atomic mass is 32.2. The van der Waals surface area contributed by atoms with Gasteiger partial charge in [-0.15, -0.1) is 11.8 Å². The van der Waals surface area contributed by atoms with E-state index < -0.39 is 17.8 Å². The zero-order valence-electron chi connectivity index (χ0n) is 12.5. The van der Waals surface area contributed by atoms with Crippen LogP contribution >= 0.6 is 11.8 Å². The Morgan fingerprint density at radius 3 is 2.30 bits per heavy atom. The lowest BCUT2D eigenvalue weighted by Gasteiger charge is -2.25. The molecule has 6 heteroatoms. The van der Waals surface area contributed by atoms with Crippen LogP contribution in [0.5, 0.6) is 0 Å². The van der Waals surface area contributed by atoms with Gasteiger partial charge >= 0.3 is 5.97 Å². The number of amides is 1. The smallest absolute Gasteiger partial charge is 0.308 e. The minimum atomic E-state index is -1.09. The fraction of sp³-hybridized carbons (Fsp3) is 0.643. The van der Waals surface area contributed by atoms with E-state index in [1.54, 1.807) is 27.8 Å².